The van der Waals surface area contributed by atoms with E-state index in [1.54, 1.807) is 0 Å². The van der Waals surface area contributed by atoms with E-state index in [4.69, 9.17) is 15.1 Å². The van der Waals surface area contributed by atoms with Crippen LogP contribution >= 0.6 is 0 Å². The van der Waals surface area contributed by atoms with Crippen LogP contribution in [0.5, 0.6) is 0 Å². The summed E-state index contributed by atoms with van der Waals surface area (Å²) in [6.07, 6.45) is 11.1. The Hall–Kier alpha value is -4.60. The second-order valence-electron chi connectivity index (χ2n) is 11.0. The lowest BCUT2D eigenvalue weighted by Gasteiger charge is -2.39. The topological polar surface area (TPSA) is 117 Å². The van der Waals surface area contributed by atoms with E-state index in [-0.39, 0.29) is 23.9 Å². The molecule has 2 N–H and O–H groups in total. The highest BCUT2D eigenvalue weighted by Gasteiger charge is 2.45. The molecule has 0 radical (unpaired) electrons. The number of rotatable bonds is 4. The number of pyridine rings is 1. The van der Waals surface area contributed by atoms with Crippen LogP contribution in [0, 0.1) is 0 Å². The van der Waals surface area contributed by atoms with Crippen molar-refractivity contribution in [1.82, 2.24) is 39.7 Å². The predicted molar refractivity (Wildman–Crippen MR) is 150 cm³/mol. The number of H-pyrrole nitrogens is 1. The van der Waals surface area contributed by atoms with E-state index in [2.05, 4.69) is 44.8 Å². The normalized spacial score (nSPS) is 21.8. The van der Waals surface area contributed by atoms with Gasteiger partial charge < -0.3 is 10.2 Å². The fourth-order valence-corrected chi connectivity index (χ4v) is 6.98. The molecule has 1 aromatic carbocycles. The van der Waals surface area contributed by atoms with Gasteiger partial charge in [-0.15, -0.1) is 0 Å². The molecule has 2 fully saturated rings. The lowest BCUT2D eigenvalue weighted by Crippen LogP contribution is -2.46. The highest BCUT2D eigenvalue weighted by atomic mass is 16.2. The van der Waals surface area contributed by atoms with E-state index < -0.39 is 0 Å². The van der Waals surface area contributed by atoms with Crippen LogP contribution in [0.2, 0.25) is 0 Å². The molecule has 7 heterocycles. The van der Waals surface area contributed by atoms with Gasteiger partial charge in [-0.1, -0.05) is 36.4 Å². The number of nitrogens with zero attached hydrogens (tertiary/aromatic N) is 7. The van der Waals surface area contributed by atoms with Crippen LogP contribution in [-0.2, 0) is 6.42 Å². The SMILES string of the molecule is O=C(c1ncn[nH]1)N1C2CCC1CC(c1nc3c(-c4ccc(-c5ccccc5)nc4)cnn3c3c1CCCN3)C2. The average molecular weight is 532 g/mol. The Morgan fingerprint density at radius 2 is 1.80 bits per heavy atom. The summed E-state index contributed by atoms with van der Waals surface area (Å²) in [5.41, 5.74) is 7.29. The summed E-state index contributed by atoms with van der Waals surface area (Å²) < 4.78 is 1.97. The number of nitrogens with one attached hydrogen (secondary N) is 2. The standard InChI is InChI=1S/C30H29N9O/c40-30(27-33-17-34-37-27)38-21-9-10-22(38)14-20(13-21)26-23-7-4-12-31-28(23)39-29(36-26)24(16-35-39)19-8-11-25(32-15-19)18-5-2-1-3-6-18/h1-3,5-6,8,11,15-17,20-22,31H,4,7,9-10,12-14H2,(H,33,34,37). The van der Waals surface area contributed by atoms with Gasteiger partial charge in [-0.2, -0.15) is 14.7 Å². The van der Waals surface area contributed by atoms with E-state index in [0.717, 1.165) is 84.6 Å². The fourth-order valence-electron chi connectivity index (χ4n) is 6.98. The third-order valence-electron chi connectivity index (χ3n) is 8.79. The van der Waals surface area contributed by atoms with Gasteiger partial charge in [-0.05, 0) is 44.6 Å². The van der Waals surface area contributed by atoms with Crippen molar-refractivity contribution in [3.05, 3.63) is 78.3 Å². The minimum atomic E-state index is -0.0416. The Labute approximate surface area is 230 Å². The molecule has 0 saturated carbocycles. The van der Waals surface area contributed by atoms with Crippen molar-refractivity contribution in [2.45, 2.75) is 56.5 Å². The van der Waals surface area contributed by atoms with E-state index >= 15 is 0 Å². The average Bonchev–Trinajstić information content (AvgIpc) is 3.75. The summed E-state index contributed by atoms with van der Waals surface area (Å²) in [5, 5.41) is 15.0. The number of aromatic amines is 1. The Kier molecular flexibility index (Phi) is 5.39. The van der Waals surface area contributed by atoms with Crippen LogP contribution in [0.1, 0.15) is 59.9 Å². The third-order valence-corrected chi connectivity index (χ3v) is 8.79. The number of hydrogen-bond donors (Lipinski definition) is 2. The van der Waals surface area contributed by atoms with Gasteiger partial charge in [0.2, 0.25) is 5.82 Å². The van der Waals surface area contributed by atoms with E-state index in [1.807, 2.05) is 40.0 Å². The molecule has 4 aromatic heterocycles. The summed E-state index contributed by atoms with van der Waals surface area (Å²) in [4.78, 5) is 29.5. The zero-order chi connectivity index (χ0) is 26.6. The molecule has 10 nitrogen and oxygen atoms in total. The number of benzene rings is 1. The van der Waals surface area contributed by atoms with Gasteiger partial charge in [0.1, 0.15) is 12.1 Å². The Morgan fingerprint density at radius 3 is 2.55 bits per heavy atom. The Bertz CT molecular complexity index is 1680. The van der Waals surface area contributed by atoms with Crippen LogP contribution in [0.3, 0.4) is 0 Å². The van der Waals surface area contributed by atoms with Crippen molar-refractivity contribution in [2.24, 2.45) is 0 Å². The van der Waals surface area contributed by atoms with Gasteiger partial charge in [0.05, 0.1) is 17.6 Å². The first kappa shape index (κ1) is 23.3. The van der Waals surface area contributed by atoms with E-state index in [9.17, 15) is 4.79 Å². The maximum atomic E-state index is 13.2. The van der Waals surface area contributed by atoms with Crippen molar-refractivity contribution in [2.75, 3.05) is 11.9 Å². The minimum absolute atomic E-state index is 0.0416. The molecule has 3 aliphatic heterocycles. The van der Waals surface area contributed by atoms with Gasteiger partial charge in [0.15, 0.2) is 5.65 Å². The van der Waals surface area contributed by atoms with Gasteiger partial charge >= 0.3 is 0 Å². The first-order valence-corrected chi connectivity index (χ1v) is 14.1. The monoisotopic (exact) mass is 531 g/mol. The molecule has 40 heavy (non-hydrogen) atoms. The second-order valence-corrected chi connectivity index (χ2v) is 11.0. The number of aromatic nitrogens is 7. The van der Waals surface area contributed by atoms with Crippen molar-refractivity contribution in [1.29, 1.82) is 0 Å². The highest BCUT2D eigenvalue weighted by molar-refractivity contribution is 5.91. The smallest absolute Gasteiger partial charge is 0.291 e. The second kappa shape index (κ2) is 9.25. The molecule has 2 saturated heterocycles. The maximum absolute atomic E-state index is 13.2. The molecule has 10 heteroatoms. The summed E-state index contributed by atoms with van der Waals surface area (Å²) >= 11 is 0. The number of carbonyl (C=O) groups is 1. The van der Waals surface area contributed by atoms with Crippen LogP contribution in [0.4, 0.5) is 5.82 Å². The zero-order valence-corrected chi connectivity index (χ0v) is 22.0. The van der Waals surface area contributed by atoms with Gasteiger partial charge in [-0.25, -0.2) is 9.97 Å². The van der Waals surface area contributed by atoms with Crippen LogP contribution in [0.15, 0.2) is 61.2 Å². The minimum Gasteiger partial charge on any atom is -0.370 e. The number of fused-ring (bicyclic) bond motifs is 5. The summed E-state index contributed by atoms with van der Waals surface area (Å²) in [6.45, 7) is 0.920. The molecule has 2 atom stereocenters. The number of amides is 1. The molecule has 2 unspecified atom stereocenters. The summed E-state index contributed by atoms with van der Waals surface area (Å²) in [6, 6.07) is 14.7. The Morgan fingerprint density at radius 1 is 0.950 bits per heavy atom. The molecule has 1 amide bonds. The molecule has 2 bridgehead atoms. The van der Waals surface area contributed by atoms with Gasteiger partial charge in [-0.3, -0.25) is 14.9 Å². The number of piperidine rings is 1. The van der Waals surface area contributed by atoms with Crippen molar-refractivity contribution < 1.29 is 4.79 Å². The number of hydrogen-bond acceptors (Lipinski definition) is 7. The fraction of sp³-hybridized carbons (Fsp3) is 0.333. The van der Waals surface area contributed by atoms with Gasteiger partial charge in [0.25, 0.3) is 5.91 Å². The molecule has 3 aliphatic rings. The molecule has 8 rings (SSSR count). The number of carbonyl (C=O) groups excluding carboxylic acids is 1. The first-order chi connectivity index (χ1) is 19.7. The molecule has 200 valence electrons. The van der Waals surface area contributed by atoms with Crippen LogP contribution < -0.4 is 5.32 Å². The van der Waals surface area contributed by atoms with Crippen molar-refractivity contribution in [3.8, 4) is 22.4 Å². The quantitative estimate of drug-likeness (QED) is 0.351. The highest BCUT2D eigenvalue weighted by Crippen LogP contribution is 2.45. The van der Waals surface area contributed by atoms with Crippen molar-refractivity contribution in [3.63, 3.8) is 0 Å². The van der Waals surface area contributed by atoms with Crippen molar-refractivity contribution >= 4 is 17.4 Å². The molecular formula is C30H29N9O. The predicted octanol–water partition coefficient (Wildman–Crippen LogP) is 4.49. The number of anilines is 1. The lowest BCUT2D eigenvalue weighted by molar-refractivity contribution is 0.0557. The Balaban J connectivity index is 1.16. The van der Waals surface area contributed by atoms with Gasteiger partial charge in [0, 0.05) is 53.0 Å². The molecule has 0 spiro atoms. The van der Waals surface area contributed by atoms with E-state index in [1.165, 1.54) is 11.9 Å². The summed E-state index contributed by atoms with van der Waals surface area (Å²) in [5.74, 6) is 1.63. The van der Waals surface area contributed by atoms with Crippen LogP contribution in [-0.4, -0.2) is 64.2 Å². The zero-order valence-electron chi connectivity index (χ0n) is 22.0. The summed E-state index contributed by atoms with van der Waals surface area (Å²) in [7, 11) is 0. The molecular weight excluding hydrogens is 502 g/mol. The van der Waals surface area contributed by atoms with Crippen LogP contribution in [0.25, 0.3) is 28.0 Å². The molecule has 5 aromatic rings. The lowest BCUT2D eigenvalue weighted by atomic mass is 9.84. The third kappa shape index (κ3) is 3.70. The van der Waals surface area contributed by atoms with E-state index in [0.29, 0.717) is 5.82 Å². The largest absolute Gasteiger partial charge is 0.370 e. The maximum Gasteiger partial charge on any atom is 0.291 e. The first-order valence-electron chi connectivity index (χ1n) is 14.1. The molecule has 0 aliphatic carbocycles.